The minimum absolute atomic E-state index is 0.0192. The van der Waals surface area contributed by atoms with Crippen LogP contribution in [-0.2, 0) is 9.53 Å². The number of hydrogen-bond acceptors (Lipinski definition) is 6. The molecule has 1 aliphatic carbocycles. The smallest absolute Gasteiger partial charge is 0.342 e. The summed E-state index contributed by atoms with van der Waals surface area (Å²) >= 11 is 0. The lowest BCUT2D eigenvalue weighted by Gasteiger charge is -2.41. The van der Waals surface area contributed by atoms with E-state index < -0.39 is 5.97 Å². The van der Waals surface area contributed by atoms with Crippen LogP contribution in [0.3, 0.4) is 0 Å². The predicted octanol–water partition coefficient (Wildman–Crippen LogP) is 3.66. The molecule has 0 spiro atoms. The molecule has 2 heterocycles. The van der Waals surface area contributed by atoms with Gasteiger partial charge in [0.15, 0.2) is 5.82 Å². The van der Waals surface area contributed by atoms with Crippen LogP contribution >= 0.6 is 0 Å². The molecule has 184 valence electrons. The van der Waals surface area contributed by atoms with Gasteiger partial charge < -0.3 is 14.5 Å². The summed E-state index contributed by atoms with van der Waals surface area (Å²) in [4.78, 5) is 52.2. The van der Waals surface area contributed by atoms with Gasteiger partial charge in [-0.3, -0.25) is 9.59 Å². The summed E-state index contributed by atoms with van der Waals surface area (Å²) in [5, 5.41) is 0. The van der Waals surface area contributed by atoms with Gasteiger partial charge in [-0.15, -0.1) is 0 Å². The Morgan fingerprint density at radius 2 is 1.83 bits per heavy atom. The number of rotatable bonds is 6. The van der Waals surface area contributed by atoms with E-state index in [0.717, 1.165) is 31.2 Å². The molecule has 0 radical (unpaired) electrons. The summed E-state index contributed by atoms with van der Waals surface area (Å²) < 4.78 is 5.25. The van der Waals surface area contributed by atoms with Crippen LogP contribution in [0.2, 0.25) is 0 Å². The highest BCUT2D eigenvalue weighted by molar-refractivity contribution is 6.05. The van der Waals surface area contributed by atoms with E-state index in [1.807, 2.05) is 42.2 Å². The fraction of sp³-hybridized carbons (Fsp3) is 0.444. The standard InChI is InChI=1S/C27H32N4O4/c1-4-16-35-27(34)22-19(3)28-24(20-10-6-5-7-11-20)29-23(22)26(33)30-14-15-31(18(2)17-30)25(32)21-12-8-9-13-21/h4-7,10-11,18,21H,1,8-9,12-17H2,2-3H3. The summed E-state index contributed by atoms with van der Waals surface area (Å²) in [7, 11) is 0. The molecule has 4 rings (SSSR count). The van der Waals surface area contributed by atoms with Crippen molar-refractivity contribution in [2.75, 3.05) is 26.2 Å². The highest BCUT2D eigenvalue weighted by Gasteiger charge is 2.36. The van der Waals surface area contributed by atoms with Crippen LogP contribution < -0.4 is 0 Å². The fourth-order valence-corrected chi connectivity index (χ4v) is 4.92. The van der Waals surface area contributed by atoms with Crippen LogP contribution in [0.15, 0.2) is 43.0 Å². The number of aromatic nitrogens is 2. The van der Waals surface area contributed by atoms with Crippen molar-refractivity contribution in [2.24, 2.45) is 5.92 Å². The van der Waals surface area contributed by atoms with Crippen LogP contribution in [-0.4, -0.2) is 69.8 Å². The van der Waals surface area contributed by atoms with Crippen LogP contribution in [0.5, 0.6) is 0 Å². The Balaban J connectivity index is 1.62. The Bertz CT molecular complexity index is 1110. The van der Waals surface area contributed by atoms with Crippen LogP contribution in [0.4, 0.5) is 0 Å². The first-order valence-corrected chi connectivity index (χ1v) is 12.2. The van der Waals surface area contributed by atoms with Gasteiger partial charge in [0.2, 0.25) is 5.91 Å². The number of nitrogens with zero attached hydrogens (tertiary/aromatic N) is 4. The maximum Gasteiger partial charge on any atom is 0.342 e. The Hall–Kier alpha value is -3.55. The number of ether oxygens (including phenoxy) is 1. The van der Waals surface area contributed by atoms with Crippen molar-refractivity contribution in [3.63, 3.8) is 0 Å². The molecule has 2 aliphatic rings. The van der Waals surface area contributed by atoms with Crippen molar-refractivity contribution in [1.82, 2.24) is 19.8 Å². The topological polar surface area (TPSA) is 92.7 Å². The molecule has 1 saturated carbocycles. The summed E-state index contributed by atoms with van der Waals surface area (Å²) in [6.07, 6.45) is 5.57. The van der Waals surface area contributed by atoms with Crippen LogP contribution in [0.1, 0.15) is 59.1 Å². The predicted molar refractivity (Wildman–Crippen MR) is 132 cm³/mol. The lowest BCUT2D eigenvalue weighted by Crippen LogP contribution is -2.56. The fourth-order valence-electron chi connectivity index (χ4n) is 4.92. The van der Waals surface area contributed by atoms with Gasteiger partial charge >= 0.3 is 5.97 Å². The van der Waals surface area contributed by atoms with E-state index in [9.17, 15) is 14.4 Å². The molecule has 2 fully saturated rings. The second kappa shape index (κ2) is 10.8. The zero-order valence-electron chi connectivity index (χ0n) is 20.4. The third-order valence-electron chi connectivity index (χ3n) is 6.76. The molecule has 1 aliphatic heterocycles. The van der Waals surface area contributed by atoms with Crippen LogP contribution in [0, 0.1) is 12.8 Å². The van der Waals surface area contributed by atoms with Crippen molar-refractivity contribution >= 4 is 17.8 Å². The van der Waals surface area contributed by atoms with E-state index in [4.69, 9.17) is 4.74 Å². The Kier molecular flexibility index (Phi) is 7.58. The quantitative estimate of drug-likeness (QED) is 0.467. The largest absolute Gasteiger partial charge is 0.458 e. The number of piperazine rings is 1. The minimum Gasteiger partial charge on any atom is -0.458 e. The Morgan fingerprint density at radius 1 is 1.11 bits per heavy atom. The number of carbonyl (C=O) groups is 3. The molecule has 1 aromatic heterocycles. The first-order chi connectivity index (χ1) is 16.9. The SMILES string of the molecule is C=CCOC(=O)c1c(C)nc(-c2ccccc2)nc1C(=O)N1CCN(C(=O)C2CCCC2)C(C)C1. The molecule has 2 amide bonds. The number of carbonyl (C=O) groups excluding carboxylic acids is 3. The van der Waals surface area contributed by atoms with Crippen molar-refractivity contribution in [1.29, 1.82) is 0 Å². The molecule has 1 saturated heterocycles. The van der Waals surface area contributed by atoms with Gasteiger partial charge in [0.1, 0.15) is 17.9 Å². The first-order valence-electron chi connectivity index (χ1n) is 12.2. The lowest BCUT2D eigenvalue weighted by molar-refractivity contribution is -0.139. The Morgan fingerprint density at radius 3 is 2.49 bits per heavy atom. The second-order valence-electron chi connectivity index (χ2n) is 9.22. The van der Waals surface area contributed by atoms with Crippen molar-refractivity contribution < 1.29 is 19.1 Å². The normalized spacial score (nSPS) is 18.4. The number of benzene rings is 1. The average molecular weight is 477 g/mol. The van der Waals surface area contributed by atoms with E-state index in [2.05, 4.69) is 16.5 Å². The molecule has 8 nitrogen and oxygen atoms in total. The summed E-state index contributed by atoms with van der Waals surface area (Å²) in [6, 6.07) is 9.21. The molecule has 8 heteroatoms. The molecule has 1 unspecified atom stereocenters. The van der Waals surface area contributed by atoms with E-state index in [0.29, 0.717) is 31.2 Å². The average Bonchev–Trinajstić information content (AvgIpc) is 3.41. The highest BCUT2D eigenvalue weighted by Crippen LogP contribution is 2.28. The van der Waals surface area contributed by atoms with Crippen molar-refractivity contribution in [2.45, 2.75) is 45.6 Å². The van der Waals surface area contributed by atoms with Gasteiger partial charge in [0.05, 0.1) is 5.69 Å². The second-order valence-corrected chi connectivity index (χ2v) is 9.22. The monoisotopic (exact) mass is 476 g/mol. The molecular weight excluding hydrogens is 444 g/mol. The van der Waals surface area contributed by atoms with E-state index in [-0.39, 0.29) is 41.6 Å². The van der Waals surface area contributed by atoms with Crippen LogP contribution in [0.25, 0.3) is 11.4 Å². The van der Waals surface area contributed by atoms with E-state index in [1.165, 1.54) is 6.08 Å². The van der Waals surface area contributed by atoms with E-state index in [1.54, 1.807) is 11.8 Å². The zero-order valence-corrected chi connectivity index (χ0v) is 20.4. The van der Waals surface area contributed by atoms with Gasteiger partial charge in [0, 0.05) is 37.2 Å². The Labute approximate surface area is 206 Å². The number of esters is 1. The number of hydrogen-bond donors (Lipinski definition) is 0. The molecule has 0 N–H and O–H groups in total. The molecule has 1 aromatic carbocycles. The van der Waals surface area contributed by atoms with Gasteiger partial charge in [-0.25, -0.2) is 14.8 Å². The zero-order chi connectivity index (χ0) is 24.9. The van der Waals surface area contributed by atoms with Gasteiger partial charge in [-0.1, -0.05) is 55.8 Å². The van der Waals surface area contributed by atoms with Gasteiger partial charge in [0.25, 0.3) is 5.91 Å². The lowest BCUT2D eigenvalue weighted by atomic mass is 10.0. The third-order valence-corrected chi connectivity index (χ3v) is 6.76. The third kappa shape index (κ3) is 5.26. The summed E-state index contributed by atoms with van der Waals surface area (Å²) in [5.74, 6) is -0.356. The van der Waals surface area contributed by atoms with E-state index >= 15 is 0 Å². The molecule has 2 aromatic rings. The number of aryl methyl sites for hydroxylation is 1. The number of amides is 2. The highest BCUT2D eigenvalue weighted by atomic mass is 16.5. The molecule has 1 atom stereocenters. The first kappa shape index (κ1) is 24.6. The van der Waals surface area contributed by atoms with Gasteiger partial charge in [-0.05, 0) is 26.7 Å². The molecule has 0 bridgehead atoms. The summed E-state index contributed by atoms with van der Waals surface area (Å²) in [6.45, 7) is 8.46. The summed E-state index contributed by atoms with van der Waals surface area (Å²) in [5.41, 5.74) is 1.21. The molecule has 35 heavy (non-hydrogen) atoms. The van der Waals surface area contributed by atoms with Gasteiger partial charge in [-0.2, -0.15) is 0 Å². The maximum atomic E-state index is 13.7. The van der Waals surface area contributed by atoms with Crippen molar-refractivity contribution in [3.05, 3.63) is 59.9 Å². The molecular formula is C27H32N4O4. The van der Waals surface area contributed by atoms with Crippen molar-refractivity contribution in [3.8, 4) is 11.4 Å². The minimum atomic E-state index is -0.659. The maximum absolute atomic E-state index is 13.7.